The van der Waals surface area contributed by atoms with Gasteiger partial charge in [0.15, 0.2) is 0 Å². The van der Waals surface area contributed by atoms with Crippen molar-refractivity contribution in [2.24, 2.45) is 0 Å². The molecule has 0 aliphatic heterocycles. The molecule has 2 aromatic carbocycles. The minimum Gasteiger partial charge on any atom is -0.508 e. The number of rotatable bonds is 8. The van der Waals surface area contributed by atoms with Crippen molar-refractivity contribution in [1.82, 2.24) is 10.2 Å². The lowest BCUT2D eigenvalue weighted by atomic mass is 9.95. The number of halogens is 1. The maximum absolute atomic E-state index is 12.5. The summed E-state index contributed by atoms with van der Waals surface area (Å²) >= 11 is 5.94. The number of hydrogen-bond acceptors (Lipinski definition) is 3. The quantitative estimate of drug-likeness (QED) is 0.686. The highest BCUT2D eigenvalue weighted by molar-refractivity contribution is 6.30. The van der Waals surface area contributed by atoms with Gasteiger partial charge < -0.3 is 15.3 Å². The Hall–Kier alpha value is -2.04. The van der Waals surface area contributed by atoms with Crippen LogP contribution in [-0.2, 0) is 11.2 Å². The summed E-state index contributed by atoms with van der Waals surface area (Å²) in [6, 6.07) is 11.4. The summed E-state index contributed by atoms with van der Waals surface area (Å²) in [6.07, 6.45) is 1.26. The second kappa shape index (κ2) is 9.94. The van der Waals surface area contributed by atoms with E-state index < -0.39 is 0 Å². The highest BCUT2D eigenvalue weighted by Gasteiger charge is 2.18. The number of aryl methyl sites for hydroxylation is 2. The topological polar surface area (TPSA) is 52.6 Å². The molecule has 0 aliphatic carbocycles. The molecule has 2 N–H and O–H groups in total. The summed E-state index contributed by atoms with van der Waals surface area (Å²) in [7, 11) is 4.05. The smallest absolute Gasteiger partial charge is 0.220 e. The summed E-state index contributed by atoms with van der Waals surface area (Å²) in [5, 5.41) is 13.5. The lowest BCUT2D eigenvalue weighted by Crippen LogP contribution is -2.42. The van der Waals surface area contributed by atoms with Crippen LogP contribution in [0, 0.1) is 13.8 Å². The molecule has 0 heterocycles. The number of carbonyl (C=O) groups is 1. The number of likely N-dealkylation sites (N-methyl/N-ethyl adjacent to an activating group) is 1. The van der Waals surface area contributed by atoms with Crippen LogP contribution >= 0.6 is 11.6 Å². The van der Waals surface area contributed by atoms with E-state index in [-0.39, 0.29) is 17.9 Å². The largest absolute Gasteiger partial charge is 0.508 e. The number of benzene rings is 2. The fourth-order valence-electron chi connectivity index (χ4n) is 3.46. The van der Waals surface area contributed by atoms with Gasteiger partial charge in [0.05, 0.1) is 0 Å². The van der Waals surface area contributed by atoms with Crippen molar-refractivity contribution in [2.45, 2.75) is 45.6 Å². The molecule has 0 radical (unpaired) electrons. The molecule has 0 fully saturated rings. The first-order valence-electron chi connectivity index (χ1n) is 9.65. The molecule has 1 amide bonds. The first-order valence-corrected chi connectivity index (χ1v) is 10.0. The molecule has 0 spiro atoms. The van der Waals surface area contributed by atoms with E-state index >= 15 is 0 Å². The molecule has 0 saturated carbocycles. The first-order chi connectivity index (χ1) is 13.2. The van der Waals surface area contributed by atoms with Crippen molar-refractivity contribution in [1.29, 1.82) is 0 Å². The Kier molecular flexibility index (Phi) is 7.90. The SMILES string of the molecule is Cc1cc(O)cc(C)c1CC(CNC(=O)CC(C)c1ccc(Cl)cc1)N(C)C. The van der Waals surface area contributed by atoms with E-state index in [0.717, 1.165) is 23.1 Å². The molecule has 152 valence electrons. The van der Waals surface area contributed by atoms with Crippen molar-refractivity contribution < 1.29 is 9.90 Å². The molecule has 2 aromatic rings. The van der Waals surface area contributed by atoms with Gasteiger partial charge in [0, 0.05) is 24.0 Å². The number of nitrogens with one attached hydrogen (secondary N) is 1. The molecule has 2 unspecified atom stereocenters. The van der Waals surface area contributed by atoms with E-state index in [1.807, 2.05) is 52.2 Å². The monoisotopic (exact) mass is 402 g/mol. The summed E-state index contributed by atoms with van der Waals surface area (Å²) in [5.74, 6) is 0.481. The summed E-state index contributed by atoms with van der Waals surface area (Å²) < 4.78 is 0. The maximum atomic E-state index is 12.5. The van der Waals surface area contributed by atoms with Gasteiger partial charge in [-0.3, -0.25) is 4.79 Å². The lowest BCUT2D eigenvalue weighted by Gasteiger charge is -2.26. The molecule has 4 nitrogen and oxygen atoms in total. The van der Waals surface area contributed by atoms with Crippen LogP contribution in [0.15, 0.2) is 36.4 Å². The second-order valence-electron chi connectivity index (χ2n) is 7.84. The molecule has 0 saturated heterocycles. The van der Waals surface area contributed by atoms with Crippen LogP contribution in [0.25, 0.3) is 0 Å². The maximum Gasteiger partial charge on any atom is 0.220 e. The first kappa shape index (κ1) is 22.3. The van der Waals surface area contributed by atoms with E-state index in [0.29, 0.717) is 23.7 Å². The predicted molar refractivity (Wildman–Crippen MR) is 116 cm³/mol. The van der Waals surface area contributed by atoms with Gasteiger partial charge in [0.2, 0.25) is 5.91 Å². The summed E-state index contributed by atoms with van der Waals surface area (Å²) in [5.41, 5.74) is 4.48. The Morgan fingerprint density at radius 3 is 2.25 bits per heavy atom. The molecule has 5 heteroatoms. The third-order valence-corrected chi connectivity index (χ3v) is 5.57. The van der Waals surface area contributed by atoms with Gasteiger partial charge in [0.25, 0.3) is 0 Å². The molecule has 0 aromatic heterocycles. The summed E-state index contributed by atoms with van der Waals surface area (Å²) in [4.78, 5) is 14.6. The number of phenolic OH excluding ortho intramolecular Hbond substituents is 1. The molecular weight excluding hydrogens is 372 g/mol. The van der Waals surface area contributed by atoms with Crippen LogP contribution in [0.3, 0.4) is 0 Å². The molecule has 0 bridgehead atoms. The molecule has 0 aliphatic rings. The zero-order chi connectivity index (χ0) is 20.8. The Labute approximate surface area is 173 Å². The van der Waals surface area contributed by atoms with Crippen LogP contribution in [0.1, 0.15) is 41.5 Å². The van der Waals surface area contributed by atoms with Crippen molar-refractivity contribution in [3.8, 4) is 5.75 Å². The Morgan fingerprint density at radius 2 is 1.71 bits per heavy atom. The van der Waals surface area contributed by atoms with E-state index in [9.17, 15) is 9.90 Å². The average molecular weight is 403 g/mol. The van der Waals surface area contributed by atoms with Crippen LogP contribution in [0.2, 0.25) is 5.02 Å². The lowest BCUT2D eigenvalue weighted by molar-refractivity contribution is -0.121. The number of amides is 1. The third-order valence-electron chi connectivity index (χ3n) is 5.32. The molecular formula is C23H31ClN2O2. The minimum absolute atomic E-state index is 0.0495. The standard InChI is InChI=1S/C23H31ClN2O2/c1-15(18-6-8-19(24)9-7-18)12-23(28)25-14-20(26(4)5)13-22-16(2)10-21(27)11-17(22)3/h6-11,15,20,27H,12-14H2,1-5H3,(H,25,28). The van der Waals surface area contributed by atoms with Gasteiger partial charge in [0.1, 0.15) is 5.75 Å². The van der Waals surface area contributed by atoms with Crippen LogP contribution in [0.5, 0.6) is 5.75 Å². The fraction of sp³-hybridized carbons (Fsp3) is 0.435. The normalized spacial score (nSPS) is 13.4. The van der Waals surface area contributed by atoms with Crippen molar-refractivity contribution in [3.63, 3.8) is 0 Å². The van der Waals surface area contributed by atoms with Crippen LogP contribution in [-0.4, -0.2) is 42.6 Å². The zero-order valence-corrected chi connectivity index (χ0v) is 18.2. The Morgan fingerprint density at radius 1 is 1.14 bits per heavy atom. The number of carbonyl (C=O) groups excluding carboxylic acids is 1. The van der Waals surface area contributed by atoms with Crippen LogP contribution < -0.4 is 5.32 Å². The number of phenols is 1. The third kappa shape index (κ3) is 6.25. The van der Waals surface area contributed by atoms with E-state index in [1.54, 1.807) is 12.1 Å². The van der Waals surface area contributed by atoms with Gasteiger partial charge in [-0.05, 0) is 86.8 Å². The second-order valence-corrected chi connectivity index (χ2v) is 8.28. The van der Waals surface area contributed by atoms with Gasteiger partial charge in [-0.1, -0.05) is 30.7 Å². The number of nitrogens with zero attached hydrogens (tertiary/aromatic N) is 1. The van der Waals surface area contributed by atoms with Gasteiger partial charge in [-0.2, -0.15) is 0 Å². The highest BCUT2D eigenvalue weighted by Crippen LogP contribution is 2.23. The minimum atomic E-state index is 0.0495. The number of aromatic hydroxyl groups is 1. The van der Waals surface area contributed by atoms with E-state index in [2.05, 4.69) is 17.1 Å². The van der Waals surface area contributed by atoms with Gasteiger partial charge in [-0.15, -0.1) is 0 Å². The van der Waals surface area contributed by atoms with E-state index in [1.165, 1.54) is 5.56 Å². The zero-order valence-electron chi connectivity index (χ0n) is 17.4. The van der Waals surface area contributed by atoms with Crippen molar-refractivity contribution in [2.75, 3.05) is 20.6 Å². The molecule has 2 atom stereocenters. The molecule has 28 heavy (non-hydrogen) atoms. The molecule has 2 rings (SSSR count). The predicted octanol–water partition coefficient (Wildman–Crippen LogP) is 4.45. The van der Waals surface area contributed by atoms with E-state index in [4.69, 9.17) is 11.6 Å². The van der Waals surface area contributed by atoms with Crippen molar-refractivity contribution in [3.05, 3.63) is 63.7 Å². The fourth-order valence-corrected chi connectivity index (χ4v) is 3.58. The summed E-state index contributed by atoms with van der Waals surface area (Å²) in [6.45, 7) is 6.66. The highest BCUT2D eigenvalue weighted by atomic mass is 35.5. The average Bonchev–Trinajstić information content (AvgIpc) is 2.60. The van der Waals surface area contributed by atoms with Gasteiger partial charge >= 0.3 is 0 Å². The van der Waals surface area contributed by atoms with Crippen molar-refractivity contribution >= 4 is 17.5 Å². The Balaban J connectivity index is 1.95. The Bertz CT molecular complexity index is 780. The van der Waals surface area contributed by atoms with Crippen LogP contribution in [0.4, 0.5) is 0 Å². The number of hydrogen-bond donors (Lipinski definition) is 2. The van der Waals surface area contributed by atoms with Gasteiger partial charge in [-0.25, -0.2) is 0 Å².